The van der Waals surface area contributed by atoms with Gasteiger partial charge in [0.1, 0.15) is 0 Å². The third kappa shape index (κ3) is 2.16. The number of hydrogen-bond acceptors (Lipinski definition) is 0. The number of terminal acetylenes is 1. The molecule has 0 rings (SSSR count). The zero-order valence-corrected chi connectivity index (χ0v) is 13.1. The van der Waals surface area contributed by atoms with E-state index in [1.807, 2.05) is 0 Å². The van der Waals surface area contributed by atoms with Crippen LogP contribution in [0.15, 0.2) is 0 Å². The summed E-state index contributed by atoms with van der Waals surface area (Å²) in [6.45, 7) is 20.8. The van der Waals surface area contributed by atoms with Crippen LogP contribution in [0.25, 0.3) is 0 Å². The maximum Gasteiger partial charge on any atom is 0.153 e. The Morgan fingerprint density at radius 1 is 0.667 bits per heavy atom. The van der Waals surface area contributed by atoms with Crippen molar-refractivity contribution < 1.29 is 0 Å². The first-order valence-corrected chi connectivity index (χ1v) is 7.79. The van der Waals surface area contributed by atoms with Crippen LogP contribution in [0.4, 0.5) is 0 Å². The van der Waals surface area contributed by atoms with Crippen molar-refractivity contribution in [3.63, 3.8) is 0 Å². The van der Waals surface area contributed by atoms with E-state index in [-0.39, 0.29) is 15.1 Å². The molecule has 0 radical (unpaired) electrons. The van der Waals surface area contributed by atoms with Crippen LogP contribution in [-0.4, -0.2) is 8.07 Å². The normalized spacial score (nSPS) is 14.9. The molecule has 0 fully saturated rings. The van der Waals surface area contributed by atoms with Gasteiger partial charge in [0.05, 0.1) is 0 Å². The second-order valence-electron chi connectivity index (χ2n) is 7.64. The van der Waals surface area contributed by atoms with E-state index in [0.717, 1.165) is 0 Å². The summed E-state index contributed by atoms with van der Waals surface area (Å²) in [5.74, 6) is 0. The standard InChI is InChI=1S/C14H28Si/c1-11-15(12(2,3)4,13(5,6)7)14(8,9)10/h1H,2-10H3. The maximum absolute atomic E-state index is 5.98. The van der Waals surface area contributed by atoms with Gasteiger partial charge in [-0.3, -0.25) is 0 Å². The Kier molecular flexibility index (Phi) is 3.61. The van der Waals surface area contributed by atoms with Crippen molar-refractivity contribution in [2.75, 3.05) is 0 Å². The Bertz CT molecular complexity index is 224. The SMILES string of the molecule is C#C[Si](C(C)(C)C)(C(C)(C)C)C(C)(C)C. The summed E-state index contributed by atoms with van der Waals surface area (Å²) in [6, 6.07) is 0. The Balaban J connectivity index is 5.93. The molecule has 0 aliphatic carbocycles. The summed E-state index contributed by atoms with van der Waals surface area (Å²) >= 11 is 0. The predicted octanol–water partition coefficient (Wildman–Crippen LogP) is 5.01. The molecule has 0 saturated heterocycles. The second kappa shape index (κ2) is 3.66. The summed E-state index contributed by atoms with van der Waals surface area (Å²) in [6.07, 6.45) is 5.98. The van der Waals surface area contributed by atoms with Crippen LogP contribution < -0.4 is 0 Å². The lowest BCUT2D eigenvalue weighted by atomic mass is 10.2. The third-order valence-electron chi connectivity index (χ3n) is 3.59. The average molecular weight is 224 g/mol. The van der Waals surface area contributed by atoms with Gasteiger partial charge in [0.25, 0.3) is 0 Å². The van der Waals surface area contributed by atoms with E-state index in [0.29, 0.717) is 0 Å². The fourth-order valence-corrected chi connectivity index (χ4v) is 12.1. The smallest absolute Gasteiger partial charge is 0.133 e. The highest BCUT2D eigenvalue weighted by molar-refractivity contribution is 6.94. The minimum atomic E-state index is -1.85. The Labute approximate surface area is 97.9 Å². The van der Waals surface area contributed by atoms with Crippen molar-refractivity contribution in [2.45, 2.75) is 77.4 Å². The van der Waals surface area contributed by atoms with E-state index >= 15 is 0 Å². The summed E-state index contributed by atoms with van der Waals surface area (Å²) in [5, 5.41) is 0.703. The van der Waals surface area contributed by atoms with Crippen LogP contribution in [-0.2, 0) is 0 Å². The van der Waals surface area contributed by atoms with Gasteiger partial charge in [0.2, 0.25) is 0 Å². The largest absolute Gasteiger partial charge is 0.153 e. The van der Waals surface area contributed by atoms with Gasteiger partial charge in [-0.2, -0.15) is 0 Å². The fourth-order valence-electron chi connectivity index (χ4n) is 4.02. The molecule has 0 unspecified atom stereocenters. The molecule has 15 heavy (non-hydrogen) atoms. The lowest BCUT2D eigenvalue weighted by Gasteiger charge is -2.55. The highest BCUT2D eigenvalue weighted by Gasteiger charge is 2.59. The number of rotatable bonds is 0. The fraction of sp³-hybridized carbons (Fsp3) is 0.857. The Morgan fingerprint density at radius 2 is 0.867 bits per heavy atom. The summed E-state index contributed by atoms with van der Waals surface area (Å²) < 4.78 is 0. The van der Waals surface area contributed by atoms with Gasteiger partial charge in [0, 0.05) is 0 Å². The average Bonchev–Trinajstić information content (AvgIpc) is 1.76. The van der Waals surface area contributed by atoms with E-state index in [2.05, 4.69) is 67.9 Å². The van der Waals surface area contributed by atoms with Crippen LogP contribution >= 0.6 is 0 Å². The lowest BCUT2D eigenvalue weighted by molar-refractivity contribution is 0.549. The molecule has 88 valence electrons. The van der Waals surface area contributed by atoms with Crippen molar-refractivity contribution in [1.29, 1.82) is 0 Å². The van der Waals surface area contributed by atoms with Gasteiger partial charge in [-0.15, -0.1) is 12.0 Å². The molecule has 0 bridgehead atoms. The van der Waals surface area contributed by atoms with Gasteiger partial charge in [-0.1, -0.05) is 62.3 Å². The quantitative estimate of drug-likeness (QED) is 0.401. The van der Waals surface area contributed by atoms with E-state index in [1.165, 1.54) is 0 Å². The summed E-state index contributed by atoms with van der Waals surface area (Å²) in [7, 11) is -1.85. The van der Waals surface area contributed by atoms with Crippen LogP contribution in [0, 0.1) is 12.0 Å². The van der Waals surface area contributed by atoms with E-state index in [1.54, 1.807) is 0 Å². The first kappa shape index (κ1) is 14.8. The van der Waals surface area contributed by atoms with Gasteiger partial charge in [-0.25, -0.2) is 0 Å². The zero-order valence-electron chi connectivity index (χ0n) is 12.1. The predicted molar refractivity (Wildman–Crippen MR) is 73.7 cm³/mol. The van der Waals surface area contributed by atoms with Crippen molar-refractivity contribution >= 4 is 8.07 Å². The van der Waals surface area contributed by atoms with Gasteiger partial charge >= 0.3 is 0 Å². The molecule has 0 aliphatic heterocycles. The molecule has 0 amide bonds. The van der Waals surface area contributed by atoms with Crippen LogP contribution in [0.5, 0.6) is 0 Å². The molecule has 0 aliphatic rings. The Hall–Kier alpha value is -0.223. The second-order valence-corrected chi connectivity index (χ2v) is 13.9. The van der Waals surface area contributed by atoms with Crippen molar-refractivity contribution in [3.05, 3.63) is 0 Å². The monoisotopic (exact) mass is 224 g/mol. The van der Waals surface area contributed by atoms with Gasteiger partial charge < -0.3 is 0 Å². The maximum atomic E-state index is 5.98. The number of hydrogen-bond donors (Lipinski definition) is 0. The van der Waals surface area contributed by atoms with Crippen LogP contribution in [0.3, 0.4) is 0 Å². The van der Waals surface area contributed by atoms with E-state index in [9.17, 15) is 0 Å². The third-order valence-corrected chi connectivity index (χ3v) is 10.8. The first-order chi connectivity index (χ1) is 6.31. The molecule has 0 saturated carbocycles. The molecular weight excluding hydrogens is 196 g/mol. The molecule has 0 aromatic carbocycles. The molecular formula is C14H28Si. The van der Waals surface area contributed by atoms with Gasteiger partial charge in [-0.05, 0) is 15.1 Å². The van der Waals surface area contributed by atoms with Crippen molar-refractivity contribution in [2.24, 2.45) is 0 Å². The van der Waals surface area contributed by atoms with E-state index < -0.39 is 8.07 Å². The zero-order chi connectivity index (χ0) is 12.7. The van der Waals surface area contributed by atoms with Crippen molar-refractivity contribution in [3.8, 4) is 12.0 Å². The minimum absolute atomic E-state index is 0.234. The topological polar surface area (TPSA) is 0 Å². The van der Waals surface area contributed by atoms with Crippen LogP contribution in [0.2, 0.25) is 15.1 Å². The summed E-state index contributed by atoms with van der Waals surface area (Å²) in [5.41, 5.74) is 3.27. The highest BCUT2D eigenvalue weighted by atomic mass is 28.3. The molecule has 0 atom stereocenters. The summed E-state index contributed by atoms with van der Waals surface area (Å²) in [4.78, 5) is 0. The van der Waals surface area contributed by atoms with Crippen LogP contribution in [0.1, 0.15) is 62.3 Å². The van der Waals surface area contributed by atoms with E-state index in [4.69, 9.17) is 6.42 Å². The molecule has 0 nitrogen and oxygen atoms in total. The highest BCUT2D eigenvalue weighted by Crippen LogP contribution is 2.61. The van der Waals surface area contributed by atoms with Crippen molar-refractivity contribution in [1.82, 2.24) is 0 Å². The molecule has 0 heterocycles. The van der Waals surface area contributed by atoms with Gasteiger partial charge in [0.15, 0.2) is 8.07 Å². The lowest BCUT2D eigenvalue weighted by Crippen LogP contribution is -2.57. The molecule has 1 heteroatoms. The molecule has 0 spiro atoms. The molecule has 0 aromatic rings. The molecule has 0 aromatic heterocycles. The first-order valence-electron chi connectivity index (χ1n) is 5.79. The minimum Gasteiger partial charge on any atom is -0.133 e. The molecule has 0 N–H and O–H groups in total. The Morgan fingerprint density at radius 3 is 0.867 bits per heavy atom.